The summed E-state index contributed by atoms with van der Waals surface area (Å²) in [5.74, 6) is -4.12. The second-order valence-corrected chi connectivity index (χ2v) is 15.1. The van der Waals surface area contributed by atoms with Crippen LogP contribution in [0.2, 0.25) is 0 Å². The maximum Gasteiger partial charge on any atom is 0.418 e. The molecule has 1 N–H and O–H groups in total. The van der Waals surface area contributed by atoms with Crippen molar-refractivity contribution in [2.75, 3.05) is 13.7 Å². The predicted molar refractivity (Wildman–Crippen MR) is 197 cm³/mol. The van der Waals surface area contributed by atoms with E-state index in [0.717, 1.165) is 49.8 Å². The van der Waals surface area contributed by atoms with E-state index < -0.39 is 76.1 Å². The lowest BCUT2D eigenvalue weighted by Gasteiger charge is -2.35. The zero-order chi connectivity index (χ0) is 40.5. The summed E-state index contributed by atoms with van der Waals surface area (Å²) in [5.41, 5.74) is -3.17. The molecule has 4 rings (SSSR count). The number of esters is 2. The van der Waals surface area contributed by atoms with Gasteiger partial charge in [0.15, 0.2) is 5.54 Å². The van der Waals surface area contributed by atoms with E-state index >= 15 is 0 Å². The Hall–Kier alpha value is -5.28. The van der Waals surface area contributed by atoms with Gasteiger partial charge in [-0.1, -0.05) is 25.0 Å². The van der Waals surface area contributed by atoms with Crippen LogP contribution in [0.4, 0.5) is 15.3 Å². The van der Waals surface area contributed by atoms with Gasteiger partial charge in [0.1, 0.15) is 29.9 Å². The molecule has 0 bridgehead atoms. The second kappa shape index (κ2) is 18.4. The highest BCUT2D eigenvalue weighted by Gasteiger charge is 2.69. The number of hydrogen-bond acceptors (Lipinski definition) is 12. The molecule has 2 aliphatic carbocycles. The molecule has 0 spiro atoms. The van der Waals surface area contributed by atoms with Gasteiger partial charge in [-0.05, 0) is 84.3 Å². The van der Waals surface area contributed by atoms with E-state index in [1.807, 2.05) is 0 Å². The molecule has 1 saturated heterocycles. The van der Waals surface area contributed by atoms with Crippen molar-refractivity contribution in [3.63, 3.8) is 0 Å². The number of ether oxygens (including phenoxy) is 4. The third-order valence-electron chi connectivity index (χ3n) is 9.99. The molecule has 55 heavy (non-hydrogen) atoms. The van der Waals surface area contributed by atoms with Crippen molar-refractivity contribution >= 4 is 41.6 Å². The van der Waals surface area contributed by atoms with Gasteiger partial charge in [-0.2, -0.15) is 0 Å². The molecule has 3 fully saturated rings. The van der Waals surface area contributed by atoms with E-state index in [0.29, 0.717) is 30.6 Å². The maximum atomic E-state index is 14.8. The van der Waals surface area contributed by atoms with Crippen LogP contribution >= 0.6 is 0 Å². The number of nitrogens with one attached hydrogen (secondary N) is 1. The Morgan fingerprint density at radius 2 is 1.71 bits per heavy atom. The van der Waals surface area contributed by atoms with Crippen LogP contribution in [-0.2, 0) is 33.3 Å². The van der Waals surface area contributed by atoms with Crippen molar-refractivity contribution in [3.05, 3.63) is 65.3 Å². The van der Waals surface area contributed by atoms with Crippen LogP contribution in [0.15, 0.2) is 49.6 Å². The number of nitro groups is 1. The SMILES string of the molecule is C=CCCCCC[C@H](NC(=O)OC1CCCC1)C(=O)N1C[C@@H](OC(=O)c2ccc([N+](=O)[O-])cc2)C[C@H]1C(=O)N(C(=O)OC(C)(C)C)[C@]1(C(=O)OC)C[C@H]1C=C. The highest BCUT2D eigenvalue weighted by molar-refractivity contribution is 6.04. The molecule has 3 aliphatic rings. The van der Waals surface area contributed by atoms with Crippen LogP contribution in [0.25, 0.3) is 0 Å². The largest absolute Gasteiger partial charge is 0.467 e. The molecule has 0 unspecified atom stereocenters. The average Bonchev–Trinajstić information content (AvgIpc) is 3.40. The first-order chi connectivity index (χ1) is 26.1. The van der Waals surface area contributed by atoms with E-state index in [9.17, 15) is 38.9 Å². The molecule has 0 aromatic heterocycles. The highest BCUT2D eigenvalue weighted by atomic mass is 16.6. The minimum Gasteiger partial charge on any atom is -0.467 e. The molecule has 4 amide bonds. The number of carbonyl (C=O) groups excluding carboxylic acids is 6. The summed E-state index contributed by atoms with van der Waals surface area (Å²) < 4.78 is 22.0. The number of carbonyl (C=O) groups is 6. The molecule has 5 atom stereocenters. The van der Waals surface area contributed by atoms with Gasteiger partial charge in [0.25, 0.3) is 11.6 Å². The van der Waals surface area contributed by atoms with Crippen LogP contribution in [-0.4, -0.2) is 99.7 Å². The summed E-state index contributed by atoms with van der Waals surface area (Å²) in [5, 5.41) is 13.8. The Morgan fingerprint density at radius 1 is 1.04 bits per heavy atom. The summed E-state index contributed by atoms with van der Waals surface area (Å²) in [6, 6.07) is 2.08. The maximum absolute atomic E-state index is 14.8. The summed E-state index contributed by atoms with van der Waals surface area (Å²) >= 11 is 0. The van der Waals surface area contributed by atoms with E-state index in [1.165, 1.54) is 18.2 Å². The van der Waals surface area contributed by atoms with E-state index in [4.69, 9.17) is 18.9 Å². The average molecular weight is 769 g/mol. The molecule has 1 aromatic rings. The highest BCUT2D eigenvalue weighted by Crippen LogP contribution is 2.51. The fourth-order valence-corrected chi connectivity index (χ4v) is 7.13. The molecule has 0 radical (unpaired) electrons. The number of benzene rings is 1. The smallest absolute Gasteiger partial charge is 0.418 e. The van der Waals surface area contributed by atoms with Crippen molar-refractivity contribution in [3.8, 4) is 0 Å². The van der Waals surface area contributed by atoms with Gasteiger partial charge in [-0.15, -0.1) is 13.2 Å². The van der Waals surface area contributed by atoms with Crippen LogP contribution in [0, 0.1) is 16.0 Å². The third-order valence-corrected chi connectivity index (χ3v) is 9.99. The molecular formula is C39H52N4O12. The number of amides is 4. The standard InChI is InChI=1S/C39H52N4O12/c1-7-9-10-11-12-17-30(40-36(48)54-28-15-13-14-16-28)32(44)41-24-29(53-34(46)25-18-20-27(21-19-25)43(50)51)22-31(41)33(45)42(37(49)55-38(3,4)5)39(35(47)52-6)23-26(39)8-2/h7-8,18-21,26,28-31H,1-2,9-17,22-24H2,3-6H3,(H,40,48)/t26-,29+,30+,31+,39-/m1/s1. The number of unbranched alkanes of at least 4 members (excludes halogenated alkanes) is 3. The monoisotopic (exact) mass is 768 g/mol. The number of rotatable bonds is 16. The number of imide groups is 1. The van der Waals surface area contributed by atoms with E-state index in [1.54, 1.807) is 26.8 Å². The topological polar surface area (TPSA) is 201 Å². The second-order valence-electron chi connectivity index (χ2n) is 15.1. The van der Waals surface area contributed by atoms with Crippen LogP contribution < -0.4 is 5.32 Å². The minimum absolute atomic E-state index is 0.00469. The Morgan fingerprint density at radius 3 is 2.27 bits per heavy atom. The van der Waals surface area contributed by atoms with Crippen LogP contribution in [0.5, 0.6) is 0 Å². The zero-order valence-corrected chi connectivity index (χ0v) is 32.0. The summed E-state index contributed by atoms with van der Waals surface area (Å²) in [6.07, 6.45) is 5.78. The first kappa shape index (κ1) is 42.5. The van der Waals surface area contributed by atoms with Crippen molar-refractivity contribution in [2.45, 2.75) is 127 Å². The number of alkyl carbamates (subject to hydrolysis) is 1. The molecule has 16 nitrogen and oxygen atoms in total. The number of allylic oxidation sites excluding steroid dienone is 1. The van der Waals surface area contributed by atoms with Crippen molar-refractivity contribution in [1.29, 1.82) is 0 Å². The molecule has 1 aromatic carbocycles. The Bertz CT molecular complexity index is 1630. The number of nitro benzene ring substituents is 1. The predicted octanol–water partition coefficient (Wildman–Crippen LogP) is 5.78. The molecule has 300 valence electrons. The van der Waals surface area contributed by atoms with Gasteiger partial charge in [-0.3, -0.25) is 19.7 Å². The van der Waals surface area contributed by atoms with Gasteiger partial charge in [0.05, 0.1) is 24.1 Å². The van der Waals surface area contributed by atoms with Crippen LogP contribution in [0.3, 0.4) is 0 Å². The summed E-state index contributed by atoms with van der Waals surface area (Å²) in [7, 11) is 1.12. The van der Waals surface area contributed by atoms with Crippen molar-refractivity contribution in [2.24, 2.45) is 5.92 Å². The first-order valence-electron chi connectivity index (χ1n) is 18.7. The Balaban J connectivity index is 1.71. The van der Waals surface area contributed by atoms with Gasteiger partial charge in [0.2, 0.25) is 5.91 Å². The lowest BCUT2D eigenvalue weighted by molar-refractivity contribution is -0.384. The lowest BCUT2D eigenvalue weighted by atomic mass is 10.0. The molecular weight excluding hydrogens is 716 g/mol. The molecule has 2 saturated carbocycles. The fourth-order valence-electron chi connectivity index (χ4n) is 7.13. The number of nitrogens with zero attached hydrogens (tertiary/aromatic N) is 3. The molecule has 1 heterocycles. The van der Waals surface area contributed by atoms with Crippen molar-refractivity contribution in [1.82, 2.24) is 15.1 Å². The fraction of sp³-hybridized carbons (Fsp3) is 0.590. The minimum atomic E-state index is -1.81. The molecule has 16 heteroatoms. The van der Waals surface area contributed by atoms with E-state index in [-0.39, 0.29) is 43.2 Å². The van der Waals surface area contributed by atoms with Gasteiger partial charge < -0.3 is 29.2 Å². The van der Waals surface area contributed by atoms with Crippen LogP contribution in [0.1, 0.15) is 102 Å². The summed E-state index contributed by atoms with van der Waals surface area (Å²) in [4.78, 5) is 95.5. The Labute approximate surface area is 320 Å². The third kappa shape index (κ3) is 10.5. The van der Waals surface area contributed by atoms with Gasteiger partial charge in [0, 0.05) is 24.5 Å². The number of likely N-dealkylation sites (tertiary alicyclic amines) is 1. The number of hydrogen-bond donors (Lipinski definition) is 1. The Kier molecular flexibility index (Phi) is 14.2. The lowest BCUT2D eigenvalue weighted by Crippen LogP contribution is -2.60. The number of methoxy groups -OCH3 is 1. The summed E-state index contributed by atoms with van der Waals surface area (Å²) in [6.45, 7) is 11.9. The first-order valence-corrected chi connectivity index (χ1v) is 18.7. The van der Waals surface area contributed by atoms with Gasteiger partial charge >= 0.3 is 24.1 Å². The van der Waals surface area contributed by atoms with Crippen molar-refractivity contribution < 1.29 is 52.6 Å². The normalized spacial score (nSPS) is 22.5. The number of non-ortho nitro benzene ring substituents is 1. The molecule has 1 aliphatic heterocycles. The van der Waals surface area contributed by atoms with Gasteiger partial charge in [-0.25, -0.2) is 24.1 Å². The van der Waals surface area contributed by atoms with E-state index in [2.05, 4.69) is 18.5 Å². The quantitative estimate of drug-likeness (QED) is 0.0532. The zero-order valence-electron chi connectivity index (χ0n) is 32.0.